The van der Waals surface area contributed by atoms with Gasteiger partial charge >= 0.3 is 0 Å². The van der Waals surface area contributed by atoms with Gasteiger partial charge in [0.15, 0.2) is 0 Å². The SMILES string of the molecule is CCCNC(Cc1ccc(Br)s1)c1ccc(C(C)C)cc1. The Morgan fingerprint density at radius 2 is 1.71 bits per heavy atom. The Balaban J connectivity index is 2.14. The van der Waals surface area contributed by atoms with Crippen LogP contribution in [0.4, 0.5) is 0 Å². The molecule has 0 aliphatic heterocycles. The van der Waals surface area contributed by atoms with Crippen LogP contribution in [-0.4, -0.2) is 6.54 Å². The topological polar surface area (TPSA) is 12.0 Å². The monoisotopic (exact) mass is 365 g/mol. The summed E-state index contributed by atoms with van der Waals surface area (Å²) < 4.78 is 1.21. The van der Waals surface area contributed by atoms with E-state index in [9.17, 15) is 0 Å². The molecule has 1 aromatic heterocycles. The molecule has 0 fully saturated rings. The number of hydrogen-bond acceptors (Lipinski definition) is 2. The lowest BCUT2D eigenvalue weighted by Crippen LogP contribution is -2.23. The molecule has 1 nitrogen and oxygen atoms in total. The Hall–Kier alpha value is -0.640. The maximum Gasteiger partial charge on any atom is 0.0701 e. The number of thiophene rings is 1. The fraction of sp³-hybridized carbons (Fsp3) is 0.444. The van der Waals surface area contributed by atoms with Gasteiger partial charge in [0, 0.05) is 17.3 Å². The molecule has 3 heteroatoms. The highest BCUT2D eigenvalue weighted by Gasteiger charge is 2.13. The molecule has 1 N–H and O–H groups in total. The summed E-state index contributed by atoms with van der Waals surface area (Å²) >= 11 is 5.38. The van der Waals surface area contributed by atoms with Gasteiger partial charge in [-0.3, -0.25) is 0 Å². The second-order valence-corrected chi connectivity index (χ2v) is 8.29. The normalized spacial score (nSPS) is 12.8. The molecule has 0 spiro atoms. The third-order valence-corrected chi connectivity index (χ3v) is 5.33. The quantitative estimate of drug-likeness (QED) is 0.642. The highest BCUT2D eigenvalue weighted by Crippen LogP contribution is 2.27. The smallest absolute Gasteiger partial charge is 0.0701 e. The van der Waals surface area contributed by atoms with E-state index in [0.29, 0.717) is 12.0 Å². The van der Waals surface area contributed by atoms with E-state index in [-0.39, 0.29) is 0 Å². The van der Waals surface area contributed by atoms with Crippen LogP contribution in [0.2, 0.25) is 0 Å². The maximum absolute atomic E-state index is 3.68. The van der Waals surface area contributed by atoms with E-state index in [2.05, 4.69) is 78.4 Å². The molecule has 0 amide bonds. The zero-order valence-electron chi connectivity index (χ0n) is 13.0. The molecular formula is C18H24BrNS. The molecule has 2 rings (SSSR count). The Bertz CT molecular complexity index is 545. The summed E-state index contributed by atoms with van der Waals surface area (Å²) in [5.74, 6) is 0.592. The van der Waals surface area contributed by atoms with Crippen molar-refractivity contribution in [2.24, 2.45) is 0 Å². The van der Waals surface area contributed by atoms with Gasteiger partial charge in [0.25, 0.3) is 0 Å². The second-order valence-electron chi connectivity index (χ2n) is 5.74. The fourth-order valence-electron chi connectivity index (χ4n) is 2.40. The molecule has 0 bridgehead atoms. The summed E-state index contributed by atoms with van der Waals surface area (Å²) in [5, 5.41) is 3.68. The summed E-state index contributed by atoms with van der Waals surface area (Å²) in [6, 6.07) is 13.9. The summed E-state index contributed by atoms with van der Waals surface area (Å²) in [7, 11) is 0. The Morgan fingerprint density at radius 1 is 1.05 bits per heavy atom. The molecule has 1 atom stereocenters. The van der Waals surface area contributed by atoms with Crippen molar-refractivity contribution < 1.29 is 0 Å². The summed E-state index contributed by atoms with van der Waals surface area (Å²) in [6.07, 6.45) is 2.21. The molecule has 1 aromatic carbocycles. The van der Waals surface area contributed by atoms with Crippen molar-refractivity contribution in [2.45, 2.75) is 45.6 Å². The number of benzene rings is 1. The number of hydrogen-bond donors (Lipinski definition) is 1. The molecule has 0 saturated carbocycles. The van der Waals surface area contributed by atoms with Gasteiger partial charge in [-0.05, 0) is 58.1 Å². The van der Waals surface area contributed by atoms with Gasteiger partial charge in [-0.25, -0.2) is 0 Å². The molecule has 0 aliphatic rings. The minimum Gasteiger partial charge on any atom is -0.310 e. The first kappa shape index (κ1) is 16.7. The minimum atomic E-state index is 0.400. The van der Waals surface area contributed by atoms with E-state index in [1.165, 1.54) is 19.8 Å². The van der Waals surface area contributed by atoms with Gasteiger partial charge in [0.05, 0.1) is 3.79 Å². The highest BCUT2D eigenvalue weighted by atomic mass is 79.9. The molecule has 0 saturated heterocycles. The van der Waals surface area contributed by atoms with Gasteiger partial charge in [0.2, 0.25) is 0 Å². The average Bonchev–Trinajstić information content (AvgIpc) is 2.89. The molecule has 2 aromatic rings. The van der Waals surface area contributed by atoms with Crippen molar-refractivity contribution in [1.29, 1.82) is 0 Å². The summed E-state index contributed by atoms with van der Waals surface area (Å²) in [4.78, 5) is 1.42. The van der Waals surface area contributed by atoms with Gasteiger partial charge in [-0.1, -0.05) is 45.0 Å². The zero-order chi connectivity index (χ0) is 15.2. The molecule has 114 valence electrons. The summed E-state index contributed by atoms with van der Waals surface area (Å²) in [6.45, 7) is 7.76. The van der Waals surface area contributed by atoms with Crippen LogP contribution in [0.1, 0.15) is 55.2 Å². The number of rotatable bonds is 7. The lowest BCUT2D eigenvalue weighted by Gasteiger charge is -2.19. The van der Waals surface area contributed by atoms with Crippen molar-refractivity contribution in [3.05, 3.63) is 56.2 Å². The number of halogens is 1. The van der Waals surface area contributed by atoms with Gasteiger partial charge in [0.1, 0.15) is 0 Å². The van der Waals surface area contributed by atoms with Crippen LogP contribution in [0.25, 0.3) is 0 Å². The molecule has 0 aliphatic carbocycles. The standard InChI is InChI=1S/C18H24BrNS/c1-4-11-20-17(12-16-9-10-18(19)21-16)15-7-5-14(6-8-15)13(2)3/h5-10,13,17,20H,4,11-12H2,1-3H3. The Labute approximate surface area is 140 Å². The first-order valence-corrected chi connectivity index (χ1v) is 9.28. The van der Waals surface area contributed by atoms with Gasteiger partial charge in [-0.15, -0.1) is 11.3 Å². The molecular weight excluding hydrogens is 342 g/mol. The van der Waals surface area contributed by atoms with Crippen LogP contribution >= 0.6 is 27.3 Å². The predicted octanol–water partition coefficient (Wildman–Crippen LogP) is 5.92. The maximum atomic E-state index is 3.68. The lowest BCUT2D eigenvalue weighted by atomic mass is 9.97. The summed E-state index contributed by atoms with van der Waals surface area (Å²) in [5.41, 5.74) is 2.80. The third-order valence-electron chi connectivity index (χ3n) is 3.68. The number of nitrogens with one attached hydrogen (secondary N) is 1. The first-order chi connectivity index (χ1) is 10.1. The Morgan fingerprint density at radius 3 is 2.24 bits per heavy atom. The van der Waals surface area contributed by atoms with Crippen molar-refractivity contribution in [3.63, 3.8) is 0 Å². The second kappa shape index (κ2) is 8.11. The van der Waals surface area contributed by atoms with Crippen LogP contribution in [-0.2, 0) is 6.42 Å². The van der Waals surface area contributed by atoms with Crippen molar-refractivity contribution in [3.8, 4) is 0 Å². The largest absolute Gasteiger partial charge is 0.310 e. The highest BCUT2D eigenvalue weighted by molar-refractivity contribution is 9.11. The fourth-order valence-corrected chi connectivity index (χ4v) is 3.93. The van der Waals surface area contributed by atoms with Crippen LogP contribution in [0, 0.1) is 0 Å². The van der Waals surface area contributed by atoms with Crippen LogP contribution in [0.15, 0.2) is 40.2 Å². The van der Waals surface area contributed by atoms with Crippen molar-refractivity contribution in [2.75, 3.05) is 6.54 Å². The van der Waals surface area contributed by atoms with E-state index in [1.54, 1.807) is 0 Å². The van der Waals surface area contributed by atoms with Crippen molar-refractivity contribution >= 4 is 27.3 Å². The van der Waals surface area contributed by atoms with E-state index >= 15 is 0 Å². The molecule has 1 unspecified atom stereocenters. The van der Waals surface area contributed by atoms with Crippen LogP contribution in [0.3, 0.4) is 0 Å². The third kappa shape index (κ3) is 4.94. The predicted molar refractivity (Wildman–Crippen MR) is 97.3 cm³/mol. The van der Waals surface area contributed by atoms with Gasteiger partial charge in [-0.2, -0.15) is 0 Å². The average molecular weight is 366 g/mol. The van der Waals surface area contributed by atoms with Crippen LogP contribution < -0.4 is 5.32 Å². The van der Waals surface area contributed by atoms with E-state index in [4.69, 9.17) is 0 Å². The minimum absolute atomic E-state index is 0.400. The van der Waals surface area contributed by atoms with Crippen LogP contribution in [0.5, 0.6) is 0 Å². The molecule has 0 radical (unpaired) electrons. The van der Waals surface area contributed by atoms with Crippen molar-refractivity contribution in [1.82, 2.24) is 5.32 Å². The molecule has 21 heavy (non-hydrogen) atoms. The van der Waals surface area contributed by atoms with E-state index in [1.807, 2.05) is 11.3 Å². The molecule has 1 heterocycles. The van der Waals surface area contributed by atoms with Gasteiger partial charge < -0.3 is 5.32 Å². The Kier molecular flexibility index (Phi) is 6.46. The first-order valence-electron chi connectivity index (χ1n) is 7.67. The lowest BCUT2D eigenvalue weighted by molar-refractivity contribution is 0.532. The van der Waals surface area contributed by atoms with E-state index < -0.39 is 0 Å². The van der Waals surface area contributed by atoms with E-state index in [0.717, 1.165) is 19.4 Å². The zero-order valence-corrected chi connectivity index (χ0v) is 15.4.